The molecule has 0 atom stereocenters. The molecule has 24 heavy (non-hydrogen) atoms. The Kier molecular flexibility index (Phi) is 5.28. The van der Waals surface area contributed by atoms with E-state index in [9.17, 15) is 4.79 Å². The number of benzene rings is 1. The first-order chi connectivity index (χ1) is 11.6. The van der Waals surface area contributed by atoms with E-state index < -0.39 is 0 Å². The van der Waals surface area contributed by atoms with Crippen LogP contribution in [-0.4, -0.2) is 30.3 Å². The van der Waals surface area contributed by atoms with Crippen LogP contribution in [0.2, 0.25) is 5.02 Å². The van der Waals surface area contributed by atoms with Gasteiger partial charge < -0.3 is 10.1 Å². The molecule has 0 saturated heterocycles. The van der Waals surface area contributed by atoms with Crippen molar-refractivity contribution in [2.45, 2.75) is 12.8 Å². The number of thiocarbonyl (C=S) groups is 1. The molecule has 0 spiro atoms. The van der Waals surface area contributed by atoms with E-state index in [1.165, 1.54) is 7.11 Å². The van der Waals surface area contributed by atoms with E-state index in [1.807, 2.05) is 30.3 Å². The Morgan fingerprint density at radius 1 is 1.42 bits per heavy atom. The molecule has 3 rings (SSSR count). The fourth-order valence-electron chi connectivity index (χ4n) is 2.45. The number of nitrogens with one attached hydrogen (secondary N) is 1. The Labute approximate surface area is 154 Å². The van der Waals surface area contributed by atoms with Gasteiger partial charge in [0.2, 0.25) is 0 Å². The van der Waals surface area contributed by atoms with Crippen molar-refractivity contribution in [2.24, 2.45) is 4.99 Å². The molecule has 1 aromatic carbocycles. The van der Waals surface area contributed by atoms with Crippen LogP contribution in [-0.2, 0) is 16.0 Å². The van der Waals surface area contributed by atoms with Crippen molar-refractivity contribution in [3.05, 3.63) is 51.4 Å². The Bertz CT molecular complexity index is 830. The van der Waals surface area contributed by atoms with Crippen LogP contribution in [0.25, 0.3) is 0 Å². The largest absolute Gasteiger partial charge is 0.469 e. The lowest BCUT2D eigenvalue weighted by Gasteiger charge is -2.07. The summed E-state index contributed by atoms with van der Waals surface area (Å²) in [5.74, 6) is -0.220. The maximum Gasteiger partial charge on any atom is 0.305 e. The standard InChI is InChI=1S/C17H15ClN2O2S2/c1-22-15(21)7-6-10-8-12-16(11-4-2-3-5-13(11)18)19-9-14(23)20-17(12)24-10/h2-5,8H,6-7,9H2,1H3,(H,20,23). The van der Waals surface area contributed by atoms with Gasteiger partial charge in [-0.25, -0.2) is 0 Å². The zero-order valence-electron chi connectivity index (χ0n) is 13.0. The monoisotopic (exact) mass is 378 g/mol. The molecule has 2 aromatic rings. The van der Waals surface area contributed by atoms with Crippen LogP contribution >= 0.6 is 35.2 Å². The molecular weight excluding hydrogens is 364 g/mol. The van der Waals surface area contributed by atoms with Crippen molar-refractivity contribution in [1.82, 2.24) is 0 Å². The smallest absolute Gasteiger partial charge is 0.305 e. The molecule has 4 nitrogen and oxygen atoms in total. The highest BCUT2D eigenvalue weighted by molar-refractivity contribution is 7.80. The van der Waals surface area contributed by atoms with Gasteiger partial charge in [-0.2, -0.15) is 0 Å². The van der Waals surface area contributed by atoms with Crippen molar-refractivity contribution >= 4 is 56.8 Å². The lowest BCUT2D eigenvalue weighted by atomic mass is 10.0. The Balaban J connectivity index is 1.98. The van der Waals surface area contributed by atoms with E-state index in [0.29, 0.717) is 29.4 Å². The topological polar surface area (TPSA) is 50.7 Å². The lowest BCUT2D eigenvalue weighted by Crippen LogP contribution is -2.09. The minimum absolute atomic E-state index is 0.220. The molecular formula is C17H15ClN2O2S2. The van der Waals surface area contributed by atoms with Crippen LogP contribution in [0.4, 0.5) is 5.00 Å². The number of aliphatic imine (C=N–C) groups is 1. The zero-order chi connectivity index (χ0) is 17.1. The highest BCUT2D eigenvalue weighted by Gasteiger charge is 2.21. The molecule has 1 aliphatic heterocycles. The van der Waals surface area contributed by atoms with Gasteiger partial charge in [-0.15, -0.1) is 11.3 Å². The van der Waals surface area contributed by atoms with Crippen LogP contribution in [0.5, 0.6) is 0 Å². The number of nitrogens with zero attached hydrogens (tertiary/aromatic N) is 1. The van der Waals surface area contributed by atoms with Crippen LogP contribution < -0.4 is 5.32 Å². The number of hydrogen-bond donors (Lipinski definition) is 1. The van der Waals surface area contributed by atoms with Crippen LogP contribution in [0, 0.1) is 0 Å². The molecule has 1 aromatic heterocycles. The number of thiophene rings is 1. The number of carbonyl (C=O) groups is 1. The number of aryl methyl sites for hydroxylation is 1. The summed E-state index contributed by atoms with van der Waals surface area (Å²) >= 11 is 13.2. The number of ether oxygens (including phenoxy) is 1. The van der Waals surface area contributed by atoms with Crippen LogP contribution in [0.3, 0.4) is 0 Å². The van der Waals surface area contributed by atoms with Gasteiger partial charge in [0, 0.05) is 21.0 Å². The summed E-state index contributed by atoms with van der Waals surface area (Å²) in [6, 6.07) is 9.67. The van der Waals surface area contributed by atoms with Crippen molar-refractivity contribution in [2.75, 3.05) is 19.0 Å². The number of carbonyl (C=O) groups excluding carboxylic acids is 1. The highest BCUT2D eigenvalue weighted by atomic mass is 35.5. The second-order valence-electron chi connectivity index (χ2n) is 5.22. The molecule has 0 unspecified atom stereocenters. The molecule has 1 aliphatic rings. The lowest BCUT2D eigenvalue weighted by molar-refractivity contribution is -0.140. The fourth-order valence-corrected chi connectivity index (χ4v) is 3.99. The number of anilines is 1. The van der Waals surface area contributed by atoms with E-state index in [2.05, 4.69) is 10.3 Å². The highest BCUT2D eigenvalue weighted by Crippen LogP contribution is 2.34. The van der Waals surface area contributed by atoms with Gasteiger partial charge in [-0.3, -0.25) is 9.79 Å². The molecule has 0 amide bonds. The second kappa shape index (κ2) is 7.42. The summed E-state index contributed by atoms with van der Waals surface area (Å²) in [4.78, 5) is 17.8. The van der Waals surface area contributed by atoms with Crippen molar-refractivity contribution in [3.8, 4) is 0 Å². The summed E-state index contributed by atoms with van der Waals surface area (Å²) in [6.07, 6.45) is 0.966. The predicted molar refractivity (Wildman–Crippen MR) is 103 cm³/mol. The normalized spacial score (nSPS) is 13.6. The molecule has 0 saturated carbocycles. The van der Waals surface area contributed by atoms with Crippen molar-refractivity contribution in [3.63, 3.8) is 0 Å². The Morgan fingerprint density at radius 2 is 2.21 bits per heavy atom. The number of fused-ring (bicyclic) bond motifs is 1. The molecule has 7 heteroatoms. The first kappa shape index (κ1) is 17.1. The zero-order valence-corrected chi connectivity index (χ0v) is 15.4. The average molecular weight is 379 g/mol. The summed E-state index contributed by atoms with van der Waals surface area (Å²) < 4.78 is 4.71. The Morgan fingerprint density at radius 3 is 2.96 bits per heavy atom. The molecule has 0 fully saturated rings. The number of hydrogen-bond acceptors (Lipinski definition) is 5. The van der Waals surface area contributed by atoms with Gasteiger partial charge in [-0.1, -0.05) is 42.0 Å². The third kappa shape index (κ3) is 3.66. The molecule has 124 valence electrons. The van der Waals surface area contributed by atoms with Gasteiger partial charge in [0.15, 0.2) is 0 Å². The number of methoxy groups -OCH3 is 1. The average Bonchev–Trinajstić information content (AvgIpc) is 2.90. The maximum absolute atomic E-state index is 11.4. The number of rotatable bonds is 4. The summed E-state index contributed by atoms with van der Waals surface area (Å²) in [6.45, 7) is 0.425. The minimum atomic E-state index is -0.220. The third-order valence-corrected chi connectivity index (χ3v) is 5.28. The van der Waals surface area contributed by atoms with Gasteiger partial charge in [0.25, 0.3) is 0 Å². The van der Waals surface area contributed by atoms with Gasteiger partial charge in [0.1, 0.15) is 9.99 Å². The summed E-state index contributed by atoms with van der Waals surface area (Å²) in [7, 11) is 1.40. The predicted octanol–water partition coefficient (Wildman–Crippen LogP) is 4.10. The van der Waals surface area contributed by atoms with Crippen molar-refractivity contribution < 1.29 is 9.53 Å². The van der Waals surface area contributed by atoms with Gasteiger partial charge >= 0.3 is 5.97 Å². The minimum Gasteiger partial charge on any atom is -0.469 e. The first-order valence-electron chi connectivity index (χ1n) is 7.37. The van der Waals surface area contributed by atoms with Gasteiger partial charge in [0.05, 0.1) is 25.8 Å². The van der Waals surface area contributed by atoms with E-state index in [0.717, 1.165) is 26.7 Å². The van der Waals surface area contributed by atoms with Crippen LogP contribution in [0.15, 0.2) is 35.3 Å². The molecule has 0 aliphatic carbocycles. The number of esters is 1. The van der Waals surface area contributed by atoms with E-state index in [1.54, 1.807) is 11.3 Å². The van der Waals surface area contributed by atoms with E-state index in [4.69, 9.17) is 28.6 Å². The van der Waals surface area contributed by atoms with E-state index >= 15 is 0 Å². The number of halogens is 1. The summed E-state index contributed by atoms with van der Waals surface area (Å²) in [5, 5.41) is 4.83. The third-order valence-electron chi connectivity index (χ3n) is 3.60. The van der Waals surface area contributed by atoms with Crippen LogP contribution in [0.1, 0.15) is 22.4 Å². The maximum atomic E-state index is 11.4. The molecule has 0 bridgehead atoms. The van der Waals surface area contributed by atoms with Gasteiger partial charge in [-0.05, 0) is 18.6 Å². The Hall–Kier alpha value is -1.76. The molecule has 1 N–H and O–H groups in total. The summed E-state index contributed by atoms with van der Waals surface area (Å²) in [5.41, 5.74) is 2.67. The fraction of sp³-hybridized carbons (Fsp3) is 0.235. The quantitative estimate of drug-likeness (QED) is 0.642. The molecule has 2 heterocycles. The SMILES string of the molecule is COC(=O)CCc1cc2c(s1)NC(=S)CN=C2c1ccccc1Cl. The first-order valence-corrected chi connectivity index (χ1v) is 8.98. The van der Waals surface area contributed by atoms with Crippen molar-refractivity contribution in [1.29, 1.82) is 0 Å². The second-order valence-corrected chi connectivity index (χ2v) is 7.26. The molecule has 0 radical (unpaired) electrons. The van der Waals surface area contributed by atoms with E-state index in [-0.39, 0.29) is 5.97 Å².